The van der Waals surface area contributed by atoms with E-state index in [0.29, 0.717) is 40.2 Å². The molecule has 0 saturated heterocycles. The average Bonchev–Trinajstić information content (AvgIpc) is 3.16. The van der Waals surface area contributed by atoms with E-state index in [-0.39, 0.29) is 5.91 Å². The van der Waals surface area contributed by atoms with Gasteiger partial charge in [0, 0.05) is 27.9 Å². The largest absolute Gasteiger partial charge is 0.492 e. The number of carbonyl (C=O) groups is 1. The highest BCUT2D eigenvalue weighted by molar-refractivity contribution is 6.34. The van der Waals surface area contributed by atoms with Gasteiger partial charge in [-0.1, -0.05) is 29.3 Å². The van der Waals surface area contributed by atoms with Crippen LogP contribution >= 0.6 is 23.2 Å². The van der Waals surface area contributed by atoms with E-state index in [0.717, 1.165) is 0 Å². The van der Waals surface area contributed by atoms with Gasteiger partial charge in [0.2, 0.25) is 5.91 Å². The maximum atomic E-state index is 12.1. The minimum Gasteiger partial charge on any atom is -0.492 e. The van der Waals surface area contributed by atoms with Gasteiger partial charge in [-0.3, -0.25) is 4.79 Å². The Morgan fingerprint density at radius 3 is 2.93 bits per heavy atom. The minimum absolute atomic E-state index is 0.286. The van der Waals surface area contributed by atoms with Gasteiger partial charge in [-0.05, 0) is 42.0 Å². The van der Waals surface area contributed by atoms with E-state index in [2.05, 4.69) is 15.4 Å². The summed E-state index contributed by atoms with van der Waals surface area (Å²) in [5.74, 6) is 0.362. The number of hydrogen-bond acceptors (Lipinski definition) is 4. The third-order valence-corrected chi connectivity index (χ3v) is 4.11. The van der Waals surface area contributed by atoms with Crippen LogP contribution in [-0.2, 0) is 11.3 Å². The summed E-state index contributed by atoms with van der Waals surface area (Å²) < 4.78 is 7.35. The lowest BCUT2D eigenvalue weighted by Gasteiger charge is -2.08. The molecule has 1 aromatic heterocycles. The van der Waals surface area contributed by atoms with E-state index < -0.39 is 0 Å². The van der Waals surface area contributed by atoms with Gasteiger partial charge in [0.25, 0.3) is 0 Å². The fourth-order valence-corrected chi connectivity index (χ4v) is 2.62. The second kappa shape index (κ2) is 9.21. The van der Waals surface area contributed by atoms with Crippen LogP contribution in [0.25, 0.3) is 6.08 Å². The van der Waals surface area contributed by atoms with Gasteiger partial charge in [-0.15, -0.1) is 0 Å². The van der Waals surface area contributed by atoms with Gasteiger partial charge in [0.05, 0.1) is 6.54 Å². The van der Waals surface area contributed by atoms with Crippen LogP contribution in [0.3, 0.4) is 0 Å². The van der Waals surface area contributed by atoms with Crippen molar-refractivity contribution in [1.82, 2.24) is 14.8 Å². The second-order valence-electron chi connectivity index (χ2n) is 5.52. The number of nitrogens with one attached hydrogen (secondary N) is 1. The molecular weight excluding hydrogens is 387 g/mol. The molecule has 6 nitrogen and oxygen atoms in total. The molecule has 138 valence electrons. The maximum absolute atomic E-state index is 12.1. The number of hydrogen-bond donors (Lipinski definition) is 1. The number of aromatic nitrogens is 3. The quantitative estimate of drug-likeness (QED) is 0.597. The molecule has 3 aromatic rings. The van der Waals surface area contributed by atoms with Crippen molar-refractivity contribution in [3.63, 3.8) is 0 Å². The molecule has 2 aromatic carbocycles. The standard InChI is InChI=1S/C19H16Cl2N4O2/c20-15-5-6-18(21)14(10-15)4-7-19(26)24-16-2-1-3-17(11-16)27-9-8-25-13-22-12-23-25/h1-7,10-13H,8-9H2,(H,24,26)/b7-4+. The highest BCUT2D eigenvalue weighted by atomic mass is 35.5. The topological polar surface area (TPSA) is 69.0 Å². The molecular formula is C19H16Cl2N4O2. The number of ether oxygens (including phenoxy) is 1. The molecule has 3 rings (SSSR count). The van der Waals surface area contributed by atoms with Crippen molar-refractivity contribution in [2.24, 2.45) is 0 Å². The summed E-state index contributed by atoms with van der Waals surface area (Å²) in [7, 11) is 0. The van der Waals surface area contributed by atoms with Crippen LogP contribution in [0.5, 0.6) is 5.75 Å². The van der Waals surface area contributed by atoms with Crippen LogP contribution < -0.4 is 10.1 Å². The molecule has 0 saturated carbocycles. The summed E-state index contributed by atoms with van der Waals surface area (Å²) in [6, 6.07) is 12.2. The zero-order valence-corrected chi connectivity index (χ0v) is 15.7. The second-order valence-corrected chi connectivity index (χ2v) is 6.37. The van der Waals surface area contributed by atoms with Crippen molar-refractivity contribution < 1.29 is 9.53 Å². The van der Waals surface area contributed by atoms with Crippen molar-refractivity contribution >= 4 is 40.9 Å². The zero-order valence-electron chi connectivity index (χ0n) is 14.2. The molecule has 0 spiro atoms. The lowest BCUT2D eigenvalue weighted by Crippen LogP contribution is -2.10. The van der Waals surface area contributed by atoms with Crippen molar-refractivity contribution in [3.05, 3.63) is 76.8 Å². The van der Waals surface area contributed by atoms with Gasteiger partial charge < -0.3 is 10.1 Å². The first-order valence-corrected chi connectivity index (χ1v) is 8.85. The van der Waals surface area contributed by atoms with E-state index >= 15 is 0 Å². The molecule has 1 amide bonds. The third-order valence-electron chi connectivity index (χ3n) is 3.53. The Morgan fingerprint density at radius 2 is 2.11 bits per heavy atom. The van der Waals surface area contributed by atoms with E-state index in [1.807, 2.05) is 6.07 Å². The van der Waals surface area contributed by atoms with Gasteiger partial charge in [-0.25, -0.2) is 9.67 Å². The first-order valence-electron chi connectivity index (χ1n) is 8.09. The summed E-state index contributed by atoms with van der Waals surface area (Å²) in [4.78, 5) is 16.0. The van der Waals surface area contributed by atoms with Crippen LogP contribution in [0.1, 0.15) is 5.56 Å². The highest BCUT2D eigenvalue weighted by Gasteiger charge is 2.03. The zero-order chi connectivity index (χ0) is 19.1. The first-order chi connectivity index (χ1) is 13.1. The highest BCUT2D eigenvalue weighted by Crippen LogP contribution is 2.22. The van der Waals surface area contributed by atoms with Crippen molar-refractivity contribution in [2.75, 3.05) is 11.9 Å². The number of anilines is 1. The van der Waals surface area contributed by atoms with E-state index in [4.69, 9.17) is 27.9 Å². The van der Waals surface area contributed by atoms with Crippen LogP contribution in [0, 0.1) is 0 Å². The lowest BCUT2D eigenvalue weighted by molar-refractivity contribution is -0.111. The predicted octanol–water partition coefficient (Wildman–Crippen LogP) is 4.32. The molecule has 0 atom stereocenters. The van der Waals surface area contributed by atoms with Crippen molar-refractivity contribution in [2.45, 2.75) is 6.54 Å². The molecule has 0 radical (unpaired) electrons. The minimum atomic E-state index is -0.286. The van der Waals surface area contributed by atoms with E-state index in [1.54, 1.807) is 53.5 Å². The molecule has 1 N–H and O–H groups in total. The van der Waals surface area contributed by atoms with E-state index in [1.165, 1.54) is 12.4 Å². The number of carbonyl (C=O) groups excluding carboxylic acids is 1. The maximum Gasteiger partial charge on any atom is 0.248 e. The Kier molecular flexibility index (Phi) is 6.46. The Labute approximate surface area is 166 Å². The molecule has 0 aliphatic rings. The molecule has 1 heterocycles. The summed E-state index contributed by atoms with van der Waals surface area (Å²) in [6.07, 6.45) is 6.11. The molecule has 0 unspecified atom stereocenters. The summed E-state index contributed by atoms with van der Waals surface area (Å²) in [5, 5.41) is 7.86. The van der Waals surface area contributed by atoms with Gasteiger partial charge in [-0.2, -0.15) is 5.10 Å². The SMILES string of the molecule is O=C(/C=C/c1cc(Cl)ccc1Cl)Nc1cccc(OCCn2cncn2)c1. The third kappa shape index (κ3) is 5.84. The normalized spacial score (nSPS) is 10.9. The fraction of sp³-hybridized carbons (Fsp3) is 0.105. The lowest BCUT2D eigenvalue weighted by atomic mass is 10.2. The monoisotopic (exact) mass is 402 g/mol. The van der Waals surface area contributed by atoms with E-state index in [9.17, 15) is 4.79 Å². The van der Waals surface area contributed by atoms with Gasteiger partial charge in [0.1, 0.15) is 25.0 Å². The smallest absolute Gasteiger partial charge is 0.248 e. The number of benzene rings is 2. The molecule has 27 heavy (non-hydrogen) atoms. The van der Waals surface area contributed by atoms with Crippen LogP contribution in [-0.4, -0.2) is 27.3 Å². The Balaban J connectivity index is 1.56. The Hall–Kier alpha value is -2.83. The Bertz CT molecular complexity index is 943. The molecule has 0 aliphatic heterocycles. The number of amides is 1. The molecule has 0 aliphatic carbocycles. The molecule has 8 heteroatoms. The van der Waals surface area contributed by atoms with Gasteiger partial charge in [0.15, 0.2) is 0 Å². The molecule has 0 fully saturated rings. The van der Waals surface area contributed by atoms with Gasteiger partial charge >= 0.3 is 0 Å². The number of rotatable bonds is 7. The van der Waals surface area contributed by atoms with Crippen LogP contribution in [0.2, 0.25) is 10.0 Å². The van der Waals surface area contributed by atoms with Crippen molar-refractivity contribution in [3.8, 4) is 5.75 Å². The summed E-state index contributed by atoms with van der Waals surface area (Å²) in [6.45, 7) is 1.02. The predicted molar refractivity (Wildman–Crippen MR) is 106 cm³/mol. The average molecular weight is 403 g/mol. The summed E-state index contributed by atoms with van der Waals surface area (Å²) in [5.41, 5.74) is 1.30. The van der Waals surface area contributed by atoms with Crippen LogP contribution in [0.15, 0.2) is 61.2 Å². The molecule has 0 bridgehead atoms. The fourth-order valence-electron chi connectivity index (χ4n) is 2.26. The van der Waals surface area contributed by atoms with Crippen LogP contribution in [0.4, 0.5) is 5.69 Å². The Morgan fingerprint density at radius 1 is 1.22 bits per heavy atom. The number of nitrogens with zero attached hydrogens (tertiary/aromatic N) is 3. The number of halogens is 2. The van der Waals surface area contributed by atoms with Crippen molar-refractivity contribution in [1.29, 1.82) is 0 Å². The summed E-state index contributed by atoms with van der Waals surface area (Å²) >= 11 is 12.0. The first kappa shape index (κ1) is 18.9.